The van der Waals surface area contributed by atoms with E-state index in [1.165, 1.54) is 13.2 Å². The summed E-state index contributed by atoms with van der Waals surface area (Å²) in [5.41, 5.74) is 0.454. The Kier molecular flexibility index (Phi) is 4.96. The molecule has 0 amide bonds. The standard InChI is InChI=1S/C10H13Cl2N3O2/c1-5(2)8(10(16)17-3)13-6-4-7(11)14-15-9(6)12/h4-5,8H,1-3H3,(H,13,14). The molecule has 1 rings (SSSR count). The summed E-state index contributed by atoms with van der Waals surface area (Å²) in [5, 5.41) is 10.5. The van der Waals surface area contributed by atoms with E-state index in [0.717, 1.165) is 0 Å². The molecule has 1 atom stereocenters. The lowest BCUT2D eigenvalue weighted by atomic mass is 10.0. The van der Waals surface area contributed by atoms with Crippen molar-refractivity contribution >= 4 is 34.9 Å². The van der Waals surface area contributed by atoms with Gasteiger partial charge < -0.3 is 10.1 Å². The molecule has 0 aromatic carbocycles. The highest BCUT2D eigenvalue weighted by Crippen LogP contribution is 2.23. The fourth-order valence-electron chi connectivity index (χ4n) is 1.25. The van der Waals surface area contributed by atoms with Crippen LogP contribution in [0.5, 0.6) is 0 Å². The van der Waals surface area contributed by atoms with E-state index in [1.54, 1.807) is 0 Å². The van der Waals surface area contributed by atoms with E-state index in [-0.39, 0.29) is 22.2 Å². The summed E-state index contributed by atoms with van der Waals surface area (Å²) in [5.74, 6) is -0.338. The van der Waals surface area contributed by atoms with Crippen LogP contribution in [0.25, 0.3) is 0 Å². The SMILES string of the molecule is COC(=O)C(Nc1cc(Cl)nnc1Cl)C(C)C. The summed E-state index contributed by atoms with van der Waals surface area (Å²) < 4.78 is 4.70. The highest BCUT2D eigenvalue weighted by Gasteiger charge is 2.23. The van der Waals surface area contributed by atoms with Gasteiger partial charge in [0.25, 0.3) is 0 Å². The van der Waals surface area contributed by atoms with Gasteiger partial charge in [-0.2, -0.15) is 0 Å². The predicted molar refractivity (Wildman–Crippen MR) is 66.3 cm³/mol. The maximum absolute atomic E-state index is 11.6. The molecule has 0 spiro atoms. The fourth-order valence-corrected chi connectivity index (χ4v) is 1.54. The largest absolute Gasteiger partial charge is 0.467 e. The Labute approximate surface area is 109 Å². The molecule has 1 heterocycles. The Balaban J connectivity index is 2.93. The van der Waals surface area contributed by atoms with Gasteiger partial charge in [0.2, 0.25) is 0 Å². The number of anilines is 1. The number of hydrogen-bond acceptors (Lipinski definition) is 5. The lowest BCUT2D eigenvalue weighted by molar-refractivity contribution is -0.142. The number of nitrogens with one attached hydrogen (secondary N) is 1. The van der Waals surface area contributed by atoms with Crippen LogP contribution in [0.4, 0.5) is 5.69 Å². The number of hydrogen-bond donors (Lipinski definition) is 1. The van der Waals surface area contributed by atoms with Gasteiger partial charge in [-0.25, -0.2) is 4.79 Å². The van der Waals surface area contributed by atoms with Crippen LogP contribution < -0.4 is 5.32 Å². The Bertz CT molecular complexity index is 413. The Hall–Kier alpha value is -1.07. The second-order valence-electron chi connectivity index (χ2n) is 3.76. The molecule has 0 radical (unpaired) electrons. The minimum absolute atomic E-state index is 0.0328. The van der Waals surface area contributed by atoms with Gasteiger partial charge in [-0.15, -0.1) is 10.2 Å². The quantitative estimate of drug-likeness (QED) is 0.857. The first kappa shape index (κ1) is 14.0. The van der Waals surface area contributed by atoms with Crippen LogP contribution in [0.3, 0.4) is 0 Å². The van der Waals surface area contributed by atoms with Crippen LogP contribution in [0.1, 0.15) is 13.8 Å². The average Bonchev–Trinajstić information content (AvgIpc) is 2.28. The highest BCUT2D eigenvalue weighted by atomic mass is 35.5. The maximum atomic E-state index is 11.6. The van der Waals surface area contributed by atoms with Crippen molar-refractivity contribution in [3.05, 3.63) is 16.4 Å². The summed E-state index contributed by atoms with van der Waals surface area (Å²) in [6.07, 6.45) is 0. The van der Waals surface area contributed by atoms with E-state index in [9.17, 15) is 4.79 Å². The average molecular weight is 278 g/mol. The number of methoxy groups -OCH3 is 1. The summed E-state index contributed by atoms with van der Waals surface area (Å²) >= 11 is 11.6. The van der Waals surface area contributed by atoms with Crippen molar-refractivity contribution in [2.24, 2.45) is 5.92 Å². The van der Waals surface area contributed by atoms with E-state index < -0.39 is 6.04 Å². The van der Waals surface area contributed by atoms with Gasteiger partial charge in [0, 0.05) is 6.07 Å². The number of carbonyl (C=O) groups excluding carboxylic acids is 1. The number of rotatable bonds is 4. The van der Waals surface area contributed by atoms with Gasteiger partial charge in [-0.3, -0.25) is 0 Å². The predicted octanol–water partition coefficient (Wildman–Crippen LogP) is 2.39. The first-order valence-corrected chi connectivity index (χ1v) is 5.74. The normalized spacial score (nSPS) is 12.4. The molecule has 0 aliphatic heterocycles. The van der Waals surface area contributed by atoms with Gasteiger partial charge in [0.15, 0.2) is 10.3 Å². The van der Waals surface area contributed by atoms with Gasteiger partial charge in [0.1, 0.15) is 6.04 Å². The molecule has 1 N–H and O–H groups in total. The molecule has 1 aromatic heterocycles. The van der Waals surface area contributed by atoms with Gasteiger partial charge in [-0.05, 0) is 5.92 Å². The van der Waals surface area contributed by atoms with E-state index in [4.69, 9.17) is 27.9 Å². The summed E-state index contributed by atoms with van der Waals surface area (Å²) in [4.78, 5) is 11.6. The van der Waals surface area contributed by atoms with Crippen molar-refractivity contribution in [3.63, 3.8) is 0 Å². The van der Waals surface area contributed by atoms with Gasteiger partial charge >= 0.3 is 5.97 Å². The lowest BCUT2D eigenvalue weighted by Gasteiger charge is -2.21. The third-order valence-electron chi connectivity index (χ3n) is 2.15. The molecule has 7 heteroatoms. The number of nitrogens with zero attached hydrogens (tertiary/aromatic N) is 2. The zero-order chi connectivity index (χ0) is 13.0. The molecule has 5 nitrogen and oxygen atoms in total. The highest BCUT2D eigenvalue weighted by molar-refractivity contribution is 6.33. The third-order valence-corrected chi connectivity index (χ3v) is 2.62. The summed E-state index contributed by atoms with van der Waals surface area (Å²) in [6.45, 7) is 3.78. The topological polar surface area (TPSA) is 64.1 Å². The van der Waals surface area contributed by atoms with Gasteiger partial charge in [0.05, 0.1) is 12.8 Å². The summed E-state index contributed by atoms with van der Waals surface area (Å²) in [7, 11) is 1.33. The monoisotopic (exact) mass is 277 g/mol. The molecule has 0 aliphatic rings. The molecular formula is C10H13Cl2N3O2. The zero-order valence-electron chi connectivity index (χ0n) is 9.70. The van der Waals surface area contributed by atoms with Crippen LogP contribution in [-0.2, 0) is 9.53 Å². The second kappa shape index (κ2) is 6.02. The minimum atomic E-state index is -0.516. The first-order valence-electron chi connectivity index (χ1n) is 4.98. The molecular weight excluding hydrogens is 265 g/mol. The van der Waals surface area contributed by atoms with E-state index in [1.807, 2.05) is 13.8 Å². The molecule has 0 aliphatic carbocycles. The molecule has 0 bridgehead atoms. The van der Waals surface area contributed by atoms with Crippen LogP contribution in [-0.4, -0.2) is 29.3 Å². The van der Waals surface area contributed by atoms with Crippen molar-refractivity contribution in [3.8, 4) is 0 Å². The van der Waals surface area contributed by atoms with E-state index in [2.05, 4.69) is 15.5 Å². The summed E-state index contributed by atoms with van der Waals surface area (Å²) in [6, 6.07) is 0.993. The Morgan fingerprint density at radius 3 is 2.59 bits per heavy atom. The van der Waals surface area contributed by atoms with E-state index >= 15 is 0 Å². The number of esters is 1. The maximum Gasteiger partial charge on any atom is 0.328 e. The van der Waals surface area contributed by atoms with Crippen LogP contribution in [0.15, 0.2) is 6.07 Å². The van der Waals surface area contributed by atoms with Crippen LogP contribution >= 0.6 is 23.2 Å². The molecule has 1 unspecified atom stereocenters. The molecule has 0 saturated carbocycles. The number of ether oxygens (including phenoxy) is 1. The fraction of sp³-hybridized carbons (Fsp3) is 0.500. The second-order valence-corrected chi connectivity index (χ2v) is 4.51. The molecule has 17 heavy (non-hydrogen) atoms. The minimum Gasteiger partial charge on any atom is -0.467 e. The molecule has 1 aromatic rings. The molecule has 0 saturated heterocycles. The molecule has 94 valence electrons. The Morgan fingerprint density at radius 2 is 2.06 bits per heavy atom. The van der Waals surface area contributed by atoms with Crippen LogP contribution in [0.2, 0.25) is 10.3 Å². The van der Waals surface area contributed by atoms with Crippen molar-refractivity contribution in [2.45, 2.75) is 19.9 Å². The number of aromatic nitrogens is 2. The third kappa shape index (κ3) is 3.71. The number of carbonyl (C=O) groups is 1. The Morgan fingerprint density at radius 1 is 1.41 bits per heavy atom. The smallest absolute Gasteiger partial charge is 0.328 e. The first-order chi connectivity index (χ1) is 7.95. The zero-order valence-corrected chi connectivity index (χ0v) is 11.2. The van der Waals surface area contributed by atoms with E-state index in [0.29, 0.717) is 5.69 Å². The van der Waals surface area contributed by atoms with Crippen molar-refractivity contribution in [1.29, 1.82) is 0 Å². The van der Waals surface area contributed by atoms with Crippen molar-refractivity contribution in [1.82, 2.24) is 10.2 Å². The van der Waals surface area contributed by atoms with Crippen LogP contribution in [0, 0.1) is 5.92 Å². The lowest BCUT2D eigenvalue weighted by Crippen LogP contribution is -2.35. The van der Waals surface area contributed by atoms with Crippen molar-refractivity contribution < 1.29 is 9.53 Å². The van der Waals surface area contributed by atoms with Gasteiger partial charge in [-0.1, -0.05) is 37.0 Å². The number of halogens is 2. The van der Waals surface area contributed by atoms with Crippen molar-refractivity contribution in [2.75, 3.05) is 12.4 Å². The molecule has 0 fully saturated rings.